The van der Waals surface area contributed by atoms with E-state index in [1.54, 1.807) is 6.08 Å². The molecule has 0 bridgehead atoms. The van der Waals surface area contributed by atoms with Gasteiger partial charge in [0.05, 0.1) is 31.3 Å². The Balaban J connectivity index is 2.51. The molecule has 0 heterocycles. The number of hydrogen-bond acceptors (Lipinski definition) is 11. The number of carbonyl (C=O) groups is 1. The van der Waals surface area contributed by atoms with E-state index in [0.717, 1.165) is 44.9 Å². The maximum absolute atomic E-state index is 12.9. The lowest BCUT2D eigenvalue weighted by Crippen LogP contribution is -2.64. The van der Waals surface area contributed by atoms with Crippen molar-refractivity contribution in [1.29, 1.82) is 0 Å². The SMILES string of the molecule is CCCCCCCCCCCCCCCCCCCC/C=C/C(O)C(COP(=O)(O)OC1C(O)C(O)C(O)C(O)C1O)NC(=O)CC(O)CCCCCCCCCC. The molecule has 0 aromatic carbocycles. The first kappa shape index (κ1) is 55.1. The molecule has 0 aromatic rings. The first-order chi connectivity index (χ1) is 27.8. The molecule has 14 heteroatoms. The maximum atomic E-state index is 12.9. The standard InChI is InChI=1S/C44H86NO12P/c1-3-5-7-9-11-13-14-15-16-17-18-19-20-21-22-23-24-26-28-30-32-37(47)36(45-38(48)33-35(46)31-29-27-25-12-10-8-6-4-2)34-56-58(54,55)57-44-42(52)40(50)39(49)41(51)43(44)53/h30,32,35-37,39-44,46-47,49-53H,3-29,31,33-34H2,1-2H3,(H,45,48)(H,54,55)/b32-30+. The average molecular weight is 852 g/mol. The van der Waals surface area contributed by atoms with E-state index in [1.165, 1.54) is 128 Å². The highest BCUT2D eigenvalue weighted by Gasteiger charge is 2.51. The van der Waals surface area contributed by atoms with Gasteiger partial charge in [0.15, 0.2) is 0 Å². The third kappa shape index (κ3) is 26.4. The molecule has 0 radical (unpaired) electrons. The molecular weight excluding hydrogens is 765 g/mol. The third-order valence-corrected chi connectivity index (χ3v) is 12.4. The van der Waals surface area contributed by atoms with Crippen LogP contribution in [0.2, 0.25) is 0 Å². The van der Waals surface area contributed by atoms with Crippen LogP contribution in [-0.4, -0.2) is 108 Å². The Morgan fingerprint density at radius 1 is 0.603 bits per heavy atom. The maximum Gasteiger partial charge on any atom is 0.472 e. The van der Waals surface area contributed by atoms with E-state index in [9.17, 15) is 50.0 Å². The van der Waals surface area contributed by atoms with Crippen molar-refractivity contribution in [3.8, 4) is 0 Å². The Hall–Kier alpha value is -0.960. The highest BCUT2D eigenvalue weighted by atomic mass is 31.2. The zero-order valence-electron chi connectivity index (χ0n) is 36.2. The topological polar surface area (TPSA) is 226 Å². The summed E-state index contributed by atoms with van der Waals surface area (Å²) < 4.78 is 22.8. The van der Waals surface area contributed by atoms with Crippen molar-refractivity contribution in [2.75, 3.05) is 6.61 Å². The normalized spacial score (nSPS) is 23.8. The molecule has 0 aliphatic heterocycles. The number of hydrogen-bond donors (Lipinski definition) is 9. The first-order valence-electron chi connectivity index (χ1n) is 23.2. The summed E-state index contributed by atoms with van der Waals surface area (Å²) in [6.45, 7) is 3.70. The summed E-state index contributed by atoms with van der Waals surface area (Å²) >= 11 is 0. The number of rotatable bonds is 38. The monoisotopic (exact) mass is 852 g/mol. The smallest absolute Gasteiger partial charge is 0.393 e. The molecule has 8 unspecified atom stereocenters. The minimum absolute atomic E-state index is 0.241. The molecule has 1 rings (SSSR count). The van der Waals surface area contributed by atoms with Gasteiger partial charge in [0.1, 0.15) is 36.6 Å². The van der Waals surface area contributed by atoms with Gasteiger partial charge in [-0.3, -0.25) is 13.8 Å². The minimum Gasteiger partial charge on any atom is -0.393 e. The molecule has 8 atom stereocenters. The highest BCUT2D eigenvalue weighted by Crippen LogP contribution is 2.47. The Morgan fingerprint density at radius 3 is 1.41 bits per heavy atom. The molecule has 1 saturated carbocycles. The van der Waals surface area contributed by atoms with Crippen LogP contribution in [0.5, 0.6) is 0 Å². The van der Waals surface area contributed by atoms with Crippen LogP contribution < -0.4 is 5.32 Å². The van der Waals surface area contributed by atoms with E-state index in [0.29, 0.717) is 12.8 Å². The molecule has 1 aliphatic carbocycles. The van der Waals surface area contributed by atoms with Gasteiger partial charge in [-0.05, 0) is 19.3 Å². The molecule has 1 aliphatic rings. The summed E-state index contributed by atoms with van der Waals surface area (Å²) in [7, 11) is -5.13. The molecule has 0 saturated heterocycles. The lowest BCUT2D eigenvalue weighted by atomic mass is 9.85. The van der Waals surface area contributed by atoms with Gasteiger partial charge in [0.2, 0.25) is 5.91 Å². The first-order valence-corrected chi connectivity index (χ1v) is 24.7. The predicted octanol–water partition coefficient (Wildman–Crippen LogP) is 7.42. The molecular formula is C44H86NO12P. The summed E-state index contributed by atoms with van der Waals surface area (Å²) in [5.74, 6) is -0.594. The number of phosphoric ester groups is 1. The van der Waals surface area contributed by atoms with Crippen LogP contribution in [0, 0.1) is 0 Å². The van der Waals surface area contributed by atoms with Crippen LogP contribution in [0.25, 0.3) is 0 Å². The van der Waals surface area contributed by atoms with Crippen LogP contribution in [0.4, 0.5) is 0 Å². The van der Waals surface area contributed by atoms with Crippen molar-refractivity contribution in [3.05, 3.63) is 12.2 Å². The van der Waals surface area contributed by atoms with E-state index in [2.05, 4.69) is 19.2 Å². The molecule has 13 nitrogen and oxygen atoms in total. The van der Waals surface area contributed by atoms with E-state index in [4.69, 9.17) is 9.05 Å². The number of aliphatic hydroxyl groups is 7. The second kappa shape index (κ2) is 34.6. The number of nitrogens with one attached hydrogen (secondary N) is 1. The number of unbranched alkanes of at least 4 members (excludes halogenated alkanes) is 25. The van der Waals surface area contributed by atoms with Crippen LogP contribution in [0.15, 0.2) is 12.2 Å². The van der Waals surface area contributed by atoms with Crippen molar-refractivity contribution < 1.29 is 59.0 Å². The summed E-state index contributed by atoms with van der Waals surface area (Å²) in [4.78, 5) is 23.3. The fourth-order valence-corrected chi connectivity index (χ4v) is 8.50. The van der Waals surface area contributed by atoms with Crippen LogP contribution >= 0.6 is 7.82 Å². The van der Waals surface area contributed by atoms with Gasteiger partial charge in [-0.25, -0.2) is 4.57 Å². The second-order valence-electron chi connectivity index (χ2n) is 16.8. The Kier molecular flexibility index (Phi) is 32.9. The van der Waals surface area contributed by atoms with Crippen LogP contribution in [-0.2, 0) is 18.4 Å². The van der Waals surface area contributed by atoms with Crippen molar-refractivity contribution in [3.63, 3.8) is 0 Å². The van der Waals surface area contributed by atoms with Gasteiger partial charge in [-0.15, -0.1) is 0 Å². The van der Waals surface area contributed by atoms with Crippen LogP contribution in [0.3, 0.4) is 0 Å². The Morgan fingerprint density at radius 2 is 0.983 bits per heavy atom. The number of allylic oxidation sites excluding steroid dienone is 1. The quantitative estimate of drug-likeness (QED) is 0.0168. The van der Waals surface area contributed by atoms with E-state index in [1.807, 2.05) is 0 Å². The average Bonchev–Trinajstić information content (AvgIpc) is 3.19. The van der Waals surface area contributed by atoms with Crippen molar-refractivity contribution >= 4 is 13.7 Å². The molecule has 0 spiro atoms. The van der Waals surface area contributed by atoms with Crippen molar-refractivity contribution in [2.45, 2.75) is 255 Å². The Labute approximate surface area is 351 Å². The predicted molar refractivity (Wildman–Crippen MR) is 229 cm³/mol. The zero-order valence-corrected chi connectivity index (χ0v) is 37.1. The lowest BCUT2D eigenvalue weighted by molar-refractivity contribution is -0.220. The molecule has 0 aromatic heterocycles. The summed E-state index contributed by atoms with van der Waals surface area (Å²) in [5, 5.41) is 74.3. The molecule has 1 fully saturated rings. The number of phosphoric acid groups is 1. The fourth-order valence-electron chi connectivity index (χ4n) is 7.54. The van der Waals surface area contributed by atoms with Gasteiger partial charge in [-0.1, -0.05) is 187 Å². The van der Waals surface area contributed by atoms with Gasteiger partial charge in [0.25, 0.3) is 0 Å². The highest BCUT2D eigenvalue weighted by molar-refractivity contribution is 7.47. The minimum atomic E-state index is -5.13. The van der Waals surface area contributed by atoms with E-state index >= 15 is 0 Å². The Bertz CT molecular complexity index is 1050. The van der Waals surface area contributed by atoms with Gasteiger partial charge in [-0.2, -0.15) is 0 Å². The summed E-state index contributed by atoms with van der Waals surface area (Å²) in [5.41, 5.74) is 0. The van der Waals surface area contributed by atoms with Crippen molar-refractivity contribution in [2.24, 2.45) is 0 Å². The number of carbonyl (C=O) groups excluding carboxylic acids is 1. The third-order valence-electron chi connectivity index (χ3n) is 11.4. The molecule has 344 valence electrons. The van der Waals surface area contributed by atoms with E-state index in [-0.39, 0.29) is 6.42 Å². The van der Waals surface area contributed by atoms with E-state index < -0.39 is 75.2 Å². The molecule has 1 amide bonds. The zero-order chi connectivity index (χ0) is 43.0. The lowest BCUT2D eigenvalue weighted by Gasteiger charge is -2.41. The number of aliphatic hydroxyl groups excluding tert-OH is 7. The largest absolute Gasteiger partial charge is 0.472 e. The summed E-state index contributed by atoms with van der Waals surface area (Å²) in [6.07, 6.45) is 21.8. The molecule has 9 N–H and O–H groups in total. The number of amides is 1. The molecule has 58 heavy (non-hydrogen) atoms. The van der Waals surface area contributed by atoms with Crippen LogP contribution in [0.1, 0.15) is 200 Å². The summed E-state index contributed by atoms with van der Waals surface area (Å²) in [6, 6.07) is -1.23. The second-order valence-corrected chi connectivity index (χ2v) is 18.2. The van der Waals surface area contributed by atoms with Gasteiger partial charge in [0, 0.05) is 0 Å². The van der Waals surface area contributed by atoms with Gasteiger partial charge < -0.3 is 46.0 Å². The van der Waals surface area contributed by atoms with Gasteiger partial charge >= 0.3 is 7.82 Å². The van der Waals surface area contributed by atoms with Crippen molar-refractivity contribution in [1.82, 2.24) is 5.32 Å². The fraction of sp³-hybridized carbons (Fsp3) is 0.932.